The van der Waals surface area contributed by atoms with Crippen LogP contribution in [0.5, 0.6) is 0 Å². The number of rotatable bonds is 9. The third kappa shape index (κ3) is 6.61. The summed E-state index contributed by atoms with van der Waals surface area (Å²) in [4.78, 5) is 11.7. The van der Waals surface area contributed by atoms with Crippen molar-refractivity contribution < 1.29 is 19.0 Å². The van der Waals surface area contributed by atoms with Gasteiger partial charge in [0, 0.05) is 12.6 Å². The Morgan fingerprint density at radius 3 is 2.35 bits per heavy atom. The summed E-state index contributed by atoms with van der Waals surface area (Å²) in [6.07, 6.45) is 0. The van der Waals surface area contributed by atoms with Crippen LogP contribution in [-0.2, 0) is 19.0 Å². The Bertz CT molecular complexity index is 221. The van der Waals surface area contributed by atoms with E-state index < -0.39 is 5.54 Å². The molecule has 0 heterocycles. The zero-order valence-corrected chi connectivity index (χ0v) is 11.5. The highest BCUT2D eigenvalue weighted by Crippen LogP contribution is 2.08. The van der Waals surface area contributed by atoms with Crippen molar-refractivity contribution in [1.82, 2.24) is 5.32 Å². The summed E-state index contributed by atoms with van der Waals surface area (Å²) in [5.74, 6) is -0.317. The second-order valence-electron chi connectivity index (χ2n) is 4.37. The lowest BCUT2D eigenvalue weighted by Crippen LogP contribution is -2.56. The highest BCUT2D eigenvalue weighted by atomic mass is 16.5. The van der Waals surface area contributed by atoms with Gasteiger partial charge in [0.05, 0.1) is 26.9 Å². The molecule has 0 aliphatic rings. The maximum atomic E-state index is 11.7. The van der Waals surface area contributed by atoms with E-state index in [0.717, 1.165) is 0 Å². The van der Waals surface area contributed by atoms with Gasteiger partial charge >= 0.3 is 5.97 Å². The molecule has 0 aromatic heterocycles. The molecule has 0 aromatic rings. The van der Waals surface area contributed by atoms with Crippen molar-refractivity contribution >= 4 is 5.97 Å². The van der Waals surface area contributed by atoms with Gasteiger partial charge in [-0.15, -0.1) is 0 Å². The summed E-state index contributed by atoms with van der Waals surface area (Å²) >= 11 is 0. The van der Waals surface area contributed by atoms with Crippen LogP contribution in [-0.4, -0.2) is 51.1 Å². The molecule has 0 saturated heterocycles. The van der Waals surface area contributed by atoms with Gasteiger partial charge in [0.1, 0.15) is 5.54 Å². The Hall–Kier alpha value is -0.650. The minimum absolute atomic E-state index is 0.176. The van der Waals surface area contributed by atoms with Crippen molar-refractivity contribution in [2.24, 2.45) is 0 Å². The summed E-state index contributed by atoms with van der Waals surface area (Å²) in [5.41, 5.74) is -0.810. The molecule has 0 radical (unpaired) electrons. The molecule has 5 heteroatoms. The Kier molecular flexibility index (Phi) is 8.12. The molecule has 17 heavy (non-hydrogen) atoms. The van der Waals surface area contributed by atoms with E-state index in [2.05, 4.69) is 5.32 Å². The number of carbonyl (C=O) groups excluding carboxylic acids is 1. The highest BCUT2D eigenvalue weighted by molar-refractivity contribution is 5.80. The molecule has 0 aliphatic carbocycles. The van der Waals surface area contributed by atoms with E-state index in [1.165, 1.54) is 7.11 Å². The van der Waals surface area contributed by atoms with E-state index in [1.54, 1.807) is 6.92 Å². The van der Waals surface area contributed by atoms with Crippen molar-refractivity contribution in [2.45, 2.75) is 39.3 Å². The molecule has 0 saturated carbocycles. The lowest BCUT2D eigenvalue weighted by atomic mass is 10.0. The number of ether oxygens (including phenoxy) is 3. The van der Waals surface area contributed by atoms with Crippen molar-refractivity contribution in [3.05, 3.63) is 0 Å². The molecular formula is C12H25NO4. The maximum Gasteiger partial charge on any atom is 0.328 e. The fraction of sp³-hybridized carbons (Fsp3) is 0.917. The van der Waals surface area contributed by atoms with Crippen molar-refractivity contribution in [1.29, 1.82) is 0 Å². The molecule has 0 fully saturated rings. The number of carbonyl (C=O) groups is 1. The first-order chi connectivity index (χ1) is 7.96. The largest absolute Gasteiger partial charge is 0.468 e. The van der Waals surface area contributed by atoms with Gasteiger partial charge in [-0.25, -0.2) is 4.79 Å². The predicted molar refractivity (Wildman–Crippen MR) is 66.0 cm³/mol. The third-order valence-corrected chi connectivity index (χ3v) is 2.21. The standard InChI is InChI=1S/C12H25NO4/c1-6-16-7-8-17-9-12(4,11(14)15-5)13-10(2)3/h10,13H,6-9H2,1-5H3. The predicted octanol–water partition coefficient (Wildman–Crippen LogP) is 0.969. The fourth-order valence-electron chi connectivity index (χ4n) is 1.56. The molecule has 5 nitrogen and oxygen atoms in total. The molecule has 102 valence electrons. The van der Waals surface area contributed by atoms with Gasteiger partial charge in [0.2, 0.25) is 0 Å². The number of hydrogen-bond donors (Lipinski definition) is 1. The van der Waals surface area contributed by atoms with Crippen LogP contribution >= 0.6 is 0 Å². The Labute approximate surface area is 104 Å². The highest BCUT2D eigenvalue weighted by Gasteiger charge is 2.35. The zero-order chi connectivity index (χ0) is 13.3. The lowest BCUT2D eigenvalue weighted by Gasteiger charge is -2.29. The number of nitrogens with one attached hydrogen (secondary N) is 1. The van der Waals surface area contributed by atoms with E-state index in [1.807, 2.05) is 20.8 Å². The van der Waals surface area contributed by atoms with E-state index >= 15 is 0 Å². The van der Waals surface area contributed by atoms with Crippen molar-refractivity contribution in [2.75, 3.05) is 33.5 Å². The number of methoxy groups -OCH3 is 1. The van der Waals surface area contributed by atoms with Crippen molar-refractivity contribution in [3.8, 4) is 0 Å². The number of esters is 1. The Morgan fingerprint density at radius 2 is 1.88 bits per heavy atom. The van der Waals surface area contributed by atoms with Gasteiger partial charge < -0.3 is 14.2 Å². The van der Waals surface area contributed by atoms with E-state index in [4.69, 9.17) is 14.2 Å². The monoisotopic (exact) mass is 247 g/mol. The van der Waals surface area contributed by atoms with Gasteiger partial charge in [0.25, 0.3) is 0 Å². The molecule has 0 aliphatic heterocycles. The smallest absolute Gasteiger partial charge is 0.328 e. The average Bonchev–Trinajstić information content (AvgIpc) is 2.26. The Morgan fingerprint density at radius 1 is 1.29 bits per heavy atom. The summed E-state index contributed by atoms with van der Waals surface area (Å²) in [6, 6.07) is 0.176. The van der Waals surface area contributed by atoms with Crippen LogP contribution in [0.15, 0.2) is 0 Å². The molecular weight excluding hydrogens is 222 g/mol. The summed E-state index contributed by atoms with van der Waals surface area (Å²) in [5, 5.41) is 3.16. The van der Waals surface area contributed by atoms with Crippen LogP contribution in [0, 0.1) is 0 Å². The quantitative estimate of drug-likeness (QED) is 0.486. The molecule has 1 atom stereocenters. The first-order valence-electron chi connectivity index (χ1n) is 5.98. The molecule has 0 aromatic carbocycles. The van der Waals surface area contributed by atoms with Crippen LogP contribution in [0.25, 0.3) is 0 Å². The van der Waals surface area contributed by atoms with Crippen molar-refractivity contribution in [3.63, 3.8) is 0 Å². The first-order valence-corrected chi connectivity index (χ1v) is 5.98. The summed E-state index contributed by atoms with van der Waals surface area (Å²) in [6.45, 7) is 9.60. The second-order valence-corrected chi connectivity index (χ2v) is 4.37. The van der Waals surface area contributed by atoms with Crippen LogP contribution in [0.4, 0.5) is 0 Å². The first kappa shape index (κ1) is 16.4. The lowest BCUT2D eigenvalue weighted by molar-refractivity contribution is -0.151. The van der Waals surface area contributed by atoms with E-state index in [-0.39, 0.29) is 18.6 Å². The SMILES string of the molecule is CCOCCOCC(C)(NC(C)C)C(=O)OC. The maximum absolute atomic E-state index is 11.7. The minimum Gasteiger partial charge on any atom is -0.468 e. The van der Waals surface area contributed by atoms with Crippen LogP contribution in [0.3, 0.4) is 0 Å². The van der Waals surface area contributed by atoms with Gasteiger partial charge in [-0.2, -0.15) is 0 Å². The average molecular weight is 247 g/mol. The summed E-state index contributed by atoms with van der Waals surface area (Å²) in [7, 11) is 1.38. The molecule has 1 N–H and O–H groups in total. The summed E-state index contributed by atoms with van der Waals surface area (Å²) < 4.78 is 15.4. The third-order valence-electron chi connectivity index (χ3n) is 2.21. The van der Waals surface area contributed by atoms with Gasteiger partial charge in [0.15, 0.2) is 0 Å². The second kappa shape index (κ2) is 8.44. The molecule has 0 amide bonds. The van der Waals surface area contributed by atoms with Gasteiger partial charge in [-0.3, -0.25) is 5.32 Å². The Balaban J connectivity index is 4.15. The van der Waals surface area contributed by atoms with Gasteiger partial charge in [-0.1, -0.05) is 0 Å². The molecule has 0 bridgehead atoms. The molecule has 0 rings (SSSR count). The molecule has 0 spiro atoms. The normalized spacial score (nSPS) is 14.7. The topological polar surface area (TPSA) is 56.8 Å². The number of hydrogen-bond acceptors (Lipinski definition) is 5. The van der Waals surface area contributed by atoms with Gasteiger partial charge in [-0.05, 0) is 27.7 Å². The van der Waals surface area contributed by atoms with Crippen LogP contribution in [0.1, 0.15) is 27.7 Å². The van der Waals surface area contributed by atoms with Crippen LogP contribution in [0.2, 0.25) is 0 Å². The van der Waals surface area contributed by atoms with E-state index in [9.17, 15) is 4.79 Å². The fourth-order valence-corrected chi connectivity index (χ4v) is 1.56. The van der Waals surface area contributed by atoms with Crippen LogP contribution < -0.4 is 5.32 Å². The molecule has 1 unspecified atom stereocenters. The zero-order valence-electron chi connectivity index (χ0n) is 11.5. The minimum atomic E-state index is -0.810. The van der Waals surface area contributed by atoms with E-state index in [0.29, 0.717) is 19.8 Å².